The van der Waals surface area contributed by atoms with E-state index in [9.17, 15) is 4.79 Å². The number of hydrogen-bond donors (Lipinski definition) is 2. The van der Waals surface area contributed by atoms with Crippen molar-refractivity contribution in [2.75, 3.05) is 19.0 Å². The lowest BCUT2D eigenvalue weighted by molar-refractivity contribution is -0.136. The van der Waals surface area contributed by atoms with Crippen molar-refractivity contribution in [2.24, 2.45) is 0 Å². The molecule has 0 aromatic heterocycles. The highest BCUT2D eigenvalue weighted by Gasteiger charge is 1.95. The van der Waals surface area contributed by atoms with Gasteiger partial charge in [-0.2, -0.15) is 0 Å². The van der Waals surface area contributed by atoms with Crippen molar-refractivity contribution < 1.29 is 19.2 Å². The zero-order valence-electron chi connectivity index (χ0n) is 5.45. The van der Waals surface area contributed by atoms with Crippen LogP contribution in [0.5, 0.6) is 0 Å². The van der Waals surface area contributed by atoms with E-state index in [1.165, 1.54) is 0 Å². The molecule has 10 heavy (non-hydrogen) atoms. The van der Waals surface area contributed by atoms with Gasteiger partial charge in [0.2, 0.25) is 0 Å². The molecule has 0 rings (SSSR count). The summed E-state index contributed by atoms with van der Waals surface area (Å²) in [7, 11) is 0. The van der Waals surface area contributed by atoms with Crippen LogP contribution in [-0.2, 0) is 8.98 Å². The molecule has 0 unspecified atom stereocenters. The Kier molecular flexibility index (Phi) is 6.68. The van der Waals surface area contributed by atoms with Crippen molar-refractivity contribution >= 4 is 18.0 Å². The summed E-state index contributed by atoms with van der Waals surface area (Å²) in [6.45, 7) is 0.227. The van der Waals surface area contributed by atoms with E-state index >= 15 is 0 Å². The number of aliphatic carboxylic acids is 1. The SMILES string of the molecule is O=C(O)CCSOCCO. The molecule has 0 aromatic rings. The Bertz CT molecular complexity index is 95.6. The van der Waals surface area contributed by atoms with Crippen LogP contribution in [-0.4, -0.2) is 35.1 Å². The molecule has 0 spiro atoms. The van der Waals surface area contributed by atoms with Gasteiger partial charge in [0.25, 0.3) is 0 Å². The first-order chi connectivity index (χ1) is 4.77. The van der Waals surface area contributed by atoms with Gasteiger partial charge in [-0.15, -0.1) is 0 Å². The summed E-state index contributed by atoms with van der Waals surface area (Å²) >= 11 is 1.07. The lowest BCUT2D eigenvalue weighted by Gasteiger charge is -1.96. The summed E-state index contributed by atoms with van der Waals surface area (Å²) in [5.74, 6) is -0.407. The molecule has 2 N–H and O–H groups in total. The fourth-order valence-electron chi connectivity index (χ4n) is 0.284. The van der Waals surface area contributed by atoms with Crippen LogP contribution in [0.15, 0.2) is 0 Å². The molecule has 0 aromatic carbocycles. The number of carboxylic acid groups (broad SMARTS) is 1. The van der Waals surface area contributed by atoms with Crippen LogP contribution in [0.2, 0.25) is 0 Å². The molecule has 4 nitrogen and oxygen atoms in total. The average molecular weight is 166 g/mol. The van der Waals surface area contributed by atoms with Gasteiger partial charge in [0.05, 0.1) is 19.6 Å². The standard InChI is InChI=1S/C5H10O4S/c6-2-3-9-10-4-1-5(7)8/h6H,1-4H2,(H,7,8). The highest BCUT2D eigenvalue weighted by atomic mass is 32.2. The Morgan fingerprint density at radius 1 is 1.60 bits per heavy atom. The van der Waals surface area contributed by atoms with Gasteiger partial charge in [-0.25, -0.2) is 0 Å². The third-order valence-electron chi connectivity index (χ3n) is 0.657. The van der Waals surface area contributed by atoms with Gasteiger partial charge in [-0.1, -0.05) is 0 Å². The quantitative estimate of drug-likeness (QED) is 0.433. The summed E-state index contributed by atoms with van der Waals surface area (Å²) in [4.78, 5) is 9.91. The molecule has 60 valence electrons. The lowest BCUT2D eigenvalue weighted by atomic mass is 10.5. The minimum Gasteiger partial charge on any atom is -0.481 e. The summed E-state index contributed by atoms with van der Waals surface area (Å²) in [5.41, 5.74) is 0. The smallest absolute Gasteiger partial charge is 0.304 e. The molecule has 0 saturated carbocycles. The second-order valence-corrected chi connectivity index (χ2v) is 2.39. The maximum Gasteiger partial charge on any atom is 0.304 e. The Labute approximate surface area is 63.4 Å². The molecule has 0 radical (unpaired) electrons. The van der Waals surface area contributed by atoms with Gasteiger partial charge in [0, 0.05) is 5.75 Å². The van der Waals surface area contributed by atoms with Crippen molar-refractivity contribution in [3.05, 3.63) is 0 Å². The van der Waals surface area contributed by atoms with E-state index in [1.54, 1.807) is 0 Å². The Hall–Kier alpha value is -0.260. The van der Waals surface area contributed by atoms with Crippen LogP contribution < -0.4 is 0 Å². The van der Waals surface area contributed by atoms with Gasteiger partial charge in [-0.3, -0.25) is 4.79 Å². The molecule has 0 heterocycles. The molecular formula is C5H10O4S. The van der Waals surface area contributed by atoms with Crippen molar-refractivity contribution in [1.29, 1.82) is 0 Å². The molecule has 0 atom stereocenters. The van der Waals surface area contributed by atoms with Crippen LogP contribution in [0.1, 0.15) is 6.42 Å². The highest BCUT2D eigenvalue weighted by molar-refractivity contribution is 7.94. The number of carbonyl (C=O) groups is 1. The predicted octanol–water partition coefficient (Wildman–Crippen LogP) is 0.118. The third-order valence-corrected chi connectivity index (χ3v) is 1.36. The molecular weight excluding hydrogens is 156 g/mol. The van der Waals surface area contributed by atoms with Gasteiger partial charge in [-0.05, 0) is 12.0 Å². The second-order valence-electron chi connectivity index (χ2n) is 1.51. The first-order valence-corrected chi connectivity index (χ1v) is 3.75. The fraction of sp³-hybridized carbons (Fsp3) is 0.800. The van der Waals surface area contributed by atoms with Crippen molar-refractivity contribution in [3.63, 3.8) is 0 Å². The van der Waals surface area contributed by atoms with Gasteiger partial charge in [0.15, 0.2) is 0 Å². The monoisotopic (exact) mass is 166 g/mol. The Morgan fingerprint density at radius 3 is 2.80 bits per heavy atom. The van der Waals surface area contributed by atoms with E-state index in [1.807, 2.05) is 0 Å². The normalized spacial score (nSPS) is 9.70. The fourth-order valence-corrected chi connectivity index (χ4v) is 0.852. The average Bonchev–Trinajstić information content (AvgIpc) is 1.87. The second kappa shape index (κ2) is 6.85. The summed E-state index contributed by atoms with van der Waals surface area (Å²) < 4.78 is 4.74. The molecule has 0 amide bonds. The van der Waals surface area contributed by atoms with Gasteiger partial charge in [0.1, 0.15) is 0 Å². The zero-order chi connectivity index (χ0) is 7.82. The van der Waals surface area contributed by atoms with Gasteiger partial charge >= 0.3 is 5.97 Å². The van der Waals surface area contributed by atoms with Crippen molar-refractivity contribution in [3.8, 4) is 0 Å². The minimum atomic E-state index is -0.833. The maximum atomic E-state index is 9.91. The molecule has 0 saturated heterocycles. The van der Waals surface area contributed by atoms with E-state index in [0.717, 1.165) is 12.0 Å². The lowest BCUT2D eigenvalue weighted by Crippen LogP contribution is -1.98. The molecule has 0 aliphatic carbocycles. The summed E-state index contributed by atoms with van der Waals surface area (Å²) in [6, 6.07) is 0. The third kappa shape index (κ3) is 7.74. The van der Waals surface area contributed by atoms with Crippen LogP contribution >= 0.6 is 12.0 Å². The molecule has 0 aliphatic heterocycles. The highest BCUT2D eigenvalue weighted by Crippen LogP contribution is 2.02. The maximum absolute atomic E-state index is 9.91. The minimum absolute atomic E-state index is 0.0277. The number of aliphatic hydroxyl groups excluding tert-OH is 1. The summed E-state index contributed by atoms with van der Waals surface area (Å²) in [5, 5.41) is 16.4. The molecule has 5 heteroatoms. The first-order valence-electron chi connectivity index (χ1n) is 2.84. The first kappa shape index (κ1) is 9.74. The number of rotatable bonds is 6. The van der Waals surface area contributed by atoms with Crippen molar-refractivity contribution in [2.45, 2.75) is 6.42 Å². The van der Waals surface area contributed by atoms with Crippen molar-refractivity contribution in [1.82, 2.24) is 0 Å². The molecule has 0 fully saturated rings. The molecule has 0 aliphatic rings. The zero-order valence-corrected chi connectivity index (χ0v) is 6.26. The number of carboxylic acids is 1. The predicted molar refractivity (Wildman–Crippen MR) is 37.7 cm³/mol. The van der Waals surface area contributed by atoms with E-state index in [-0.39, 0.29) is 19.6 Å². The largest absolute Gasteiger partial charge is 0.481 e. The van der Waals surface area contributed by atoms with Gasteiger partial charge < -0.3 is 14.4 Å². The van der Waals surface area contributed by atoms with E-state index < -0.39 is 5.97 Å². The summed E-state index contributed by atoms with van der Waals surface area (Å²) in [6.07, 6.45) is 0.0933. The van der Waals surface area contributed by atoms with E-state index in [2.05, 4.69) is 0 Å². The van der Waals surface area contributed by atoms with Crippen LogP contribution in [0, 0.1) is 0 Å². The van der Waals surface area contributed by atoms with E-state index in [0.29, 0.717) is 5.75 Å². The number of hydrogen-bond acceptors (Lipinski definition) is 4. The Balaban J connectivity index is 2.84. The topological polar surface area (TPSA) is 66.8 Å². The van der Waals surface area contributed by atoms with Crippen LogP contribution in [0.4, 0.5) is 0 Å². The van der Waals surface area contributed by atoms with E-state index in [4.69, 9.17) is 14.4 Å². The molecule has 0 bridgehead atoms. The number of aliphatic hydroxyl groups is 1. The Morgan fingerprint density at radius 2 is 2.30 bits per heavy atom. The van der Waals surface area contributed by atoms with Crippen LogP contribution in [0.25, 0.3) is 0 Å². The van der Waals surface area contributed by atoms with Crippen LogP contribution in [0.3, 0.4) is 0 Å².